The number of rotatable bonds is 12. The molecule has 0 aliphatic heterocycles. The van der Waals surface area contributed by atoms with E-state index in [1.54, 1.807) is 12.1 Å². The minimum atomic E-state index is -3.70. The first-order chi connectivity index (χ1) is 19.8. The smallest absolute Gasteiger partial charge is 0.303 e. The highest BCUT2D eigenvalue weighted by atomic mass is 19.3. The van der Waals surface area contributed by atoms with Gasteiger partial charge < -0.3 is 23.7 Å². The molecule has 41 heavy (non-hydrogen) atoms. The van der Waals surface area contributed by atoms with Gasteiger partial charge in [-0.05, 0) is 16.7 Å². The molecule has 0 unspecified atom stereocenters. The highest BCUT2D eigenvalue weighted by Gasteiger charge is 2.65. The molecule has 0 spiro atoms. The molecule has 0 amide bonds. The third-order valence-corrected chi connectivity index (χ3v) is 6.83. The number of carbonyl (C=O) groups excluding carboxylic acids is 2. The maximum Gasteiger partial charge on any atom is 0.303 e. The van der Waals surface area contributed by atoms with Gasteiger partial charge in [-0.2, -0.15) is 0 Å². The average Bonchev–Trinajstić information content (AvgIpc) is 2.96. The van der Waals surface area contributed by atoms with Crippen LogP contribution in [0.5, 0.6) is 0 Å². The Balaban J connectivity index is 1.73. The lowest BCUT2D eigenvalue weighted by atomic mass is 9.77. The van der Waals surface area contributed by atoms with Crippen LogP contribution < -0.4 is 0 Å². The van der Waals surface area contributed by atoms with Gasteiger partial charge in [0.25, 0.3) is 5.92 Å². The number of hydrogen-bond acceptors (Lipinski definition) is 7. The molecule has 218 valence electrons. The van der Waals surface area contributed by atoms with Crippen LogP contribution in [0.4, 0.5) is 8.78 Å². The van der Waals surface area contributed by atoms with E-state index in [-0.39, 0.29) is 19.8 Å². The van der Waals surface area contributed by atoms with Crippen molar-refractivity contribution in [2.45, 2.75) is 64.0 Å². The molecule has 4 rings (SSSR count). The molecule has 1 aliphatic rings. The van der Waals surface area contributed by atoms with E-state index < -0.39 is 54.8 Å². The third kappa shape index (κ3) is 8.19. The van der Waals surface area contributed by atoms with Crippen molar-refractivity contribution < 1.29 is 42.1 Å². The van der Waals surface area contributed by atoms with E-state index >= 15 is 8.78 Å². The van der Waals surface area contributed by atoms with E-state index in [4.69, 9.17) is 23.7 Å². The molecule has 1 saturated carbocycles. The Bertz CT molecular complexity index is 1240. The standard InChI is InChI=1S/C32H34F2O7/c1-22(35)37-21-27-28(38-18-24-12-6-3-7-13-24)29(39-19-25-14-8-4-9-15-25)30(31(32(27,33)34)41-23(2)36)40-20-26-16-10-5-11-17-26/h3-17,27-31H,18-21H2,1-2H3/t27-,28+,29+,30-,31-/m1/s1. The van der Waals surface area contributed by atoms with Crippen LogP contribution in [-0.2, 0) is 53.1 Å². The largest absolute Gasteiger partial charge is 0.465 e. The number of benzene rings is 3. The number of esters is 2. The van der Waals surface area contributed by atoms with Crippen molar-refractivity contribution in [2.75, 3.05) is 6.61 Å². The minimum absolute atomic E-state index is 0.00695. The van der Waals surface area contributed by atoms with E-state index in [9.17, 15) is 9.59 Å². The molecule has 1 aliphatic carbocycles. The van der Waals surface area contributed by atoms with Crippen molar-refractivity contribution in [3.05, 3.63) is 108 Å². The van der Waals surface area contributed by atoms with Gasteiger partial charge in [0, 0.05) is 13.8 Å². The topological polar surface area (TPSA) is 80.3 Å². The molecule has 0 saturated heterocycles. The summed E-state index contributed by atoms with van der Waals surface area (Å²) in [5.74, 6) is -7.02. The van der Waals surface area contributed by atoms with Gasteiger partial charge in [-0.1, -0.05) is 91.0 Å². The number of alkyl halides is 2. The van der Waals surface area contributed by atoms with Crippen molar-refractivity contribution >= 4 is 11.9 Å². The van der Waals surface area contributed by atoms with Gasteiger partial charge in [0.15, 0.2) is 6.10 Å². The zero-order valence-corrected chi connectivity index (χ0v) is 23.0. The molecular formula is C32H34F2O7. The predicted molar refractivity (Wildman–Crippen MR) is 146 cm³/mol. The van der Waals surface area contributed by atoms with Crippen molar-refractivity contribution in [3.63, 3.8) is 0 Å². The molecule has 0 bridgehead atoms. The van der Waals surface area contributed by atoms with Gasteiger partial charge in [-0.3, -0.25) is 9.59 Å². The molecule has 9 heteroatoms. The van der Waals surface area contributed by atoms with E-state index in [1.807, 2.05) is 78.9 Å². The highest BCUT2D eigenvalue weighted by molar-refractivity contribution is 5.66. The van der Waals surface area contributed by atoms with Crippen LogP contribution in [0.3, 0.4) is 0 Å². The number of carbonyl (C=O) groups is 2. The van der Waals surface area contributed by atoms with Gasteiger partial charge in [0.05, 0.1) is 31.8 Å². The summed E-state index contributed by atoms with van der Waals surface area (Å²) in [6.07, 6.45) is -5.85. The van der Waals surface area contributed by atoms with Crippen LogP contribution in [0.1, 0.15) is 30.5 Å². The summed E-state index contributed by atoms with van der Waals surface area (Å²) in [4.78, 5) is 23.8. The Morgan fingerprint density at radius 2 is 1.05 bits per heavy atom. The summed E-state index contributed by atoms with van der Waals surface area (Å²) in [6, 6.07) is 27.4. The zero-order chi connectivity index (χ0) is 29.2. The van der Waals surface area contributed by atoms with Crippen LogP contribution >= 0.6 is 0 Å². The fraction of sp³-hybridized carbons (Fsp3) is 0.375. The fourth-order valence-corrected chi connectivity index (χ4v) is 4.86. The SMILES string of the molecule is CC(=O)OC[C@@H]1[C@H](OCc2ccccc2)[C@H](OCc2ccccc2)[C@@H](OCc2ccccc2)[C@@H](OC(C)=O)C1(F)F. The van der Waals surface area contributed by atoms with E-state index in [0.29, 0.717) is 0 Å². The molecule has 0 N–H and O–H groups in total. The lowest BCUT2D eigenvalue weighted by molar-refractivity contribution is -0.305. The minimum Gasteiger partial charge on any atom is -0.465 e. The van der Waals surface area contributed by atoms with Gasteiger partial charge in [0.2, 0.25) is 0 Å². The molecule has 5 atom stereocenters. The van der Waals surface area contributed by atoms with Crippen molar-refractivity contribution in [1.82, 2.24) is 0 Å². The fourth-order valence-electron chi connectivity index (χ4n) is 4.86. The van der Waals surface area contributed by atoms with E-state index in [0.717, 1.165) is 30.5 Å². The summed E-state index contributed by atoms with van der Waals surface area (Å²) in [5.41, 5.74) is 2.30. The lowest BCUT2D eigenvalue weighted by Crippen LogP contribution is -2.68. The predicted octanol–water partition coefficient (Wildman–Crippen LogP) is 5.50. The second-order valence-electron chi connectivity index (χ2n) is 9.90. The van der Waals surface area contributed by atoms with Gasteiger partial charge in [-0.15, -0.1) is 0 Å². The number of halogens is 2. The van der Waals surface area contributed by atoms with E-state index in [2.05, 4.69) is 0 Å². The maximum atomic E-state index is 16.3. The summed E-state index contributed by atoms with van der Waals surface area (Å²) >= 11 is 0. The Hall–Kier alpha value is -3.66. The van der Waals surface area contributed by atoms with Gasteiger partial charge in [-0.25, -0.2) is 8.78 Å². The van der Waals surface area contributed by atoms with Gasteiger partial charge in [0.1, 0.15) is 18.8 Å². The highest BCUT2D eigenvalue weighted by Crippen LogP contribution is 2.45. The average molecular weight is 569 g/mol. The Morgan fingerprint density at radius 1 is 0.634 bits per heavy atom. The van der Waals surface area contributed by atoms with Crippen LogP contribution in [0.2, 0.25) is 0 Å². The number of hydrogen-bond donors (Lipinski definition) is 0. The lowest BCUT2D eigenvalue weighted by Gasteiger charge is -2.49. The molecule has 0 heterocycles. The van der Waals surface area contributed by atoms with Gasteiger partial charge >= 0.3 is 11.9 Å². The Labute approximate surface area is 238 Å². The second-order valence-corrected chi connectivity index (χ2v) is 9.90. The van der Waals surface area contributed by atoms with Crippen molar-refractivity contribution in [2.24, 2.45) is 5.92 Å². The third-order valence-electron chi connectivity index (χ3n) is 6.83. The quantitative estimate of drug-likeness (QED) is 0.267. The molecule has 0 radical (unpaired) electrons. The van der Waals surface area contributed by atoms with E-state index in [1.165, 1.54) is 0 Å². The summed E-state index contributed by atoms with van der Waals surface area (Å²) in [7, 11) is 0. The molecule has 0 aromatic heterocycles. The molecule has 1 fully saturated rings. The summed E-state index contributed by atoms with van der Waals surface area (Å²) in [6.45, 7) is 1.54. The molecular weight excluding hydrogens is 534 g/mol. The van der Waals surface area contributed by atoms with Crippen molar-refractivity contribution in [3.8, 4) is 0 Å². The summed E-state index contributed by atoms with van der Waals surface area (Å²) < 4.78 is 61.6. The van der Waals surface area contributed by atoms with Crippen LogP contribution in [0.25, 0.3) is 0 Å². The molecule has 3 aromatic carbocycles. The molecule has 3 aromatic rings. The van der Waals surface area contributed by atoms with Crippen LogP contribution in [-0.4, -0.2) is 48.9 Å². The Kier molecular flexibility index (Phi) is 10.6. The maximum absolute atomic E-state index is 16.3. The first-order valence-corrected chi connectivity index (χ1v) is 13.4. The monoisotopic (exact) mass is 568 g/mol. The molecule has 7 nitrogen and oxygen atoms in total. The number of ether oxygens (including phenoxy) is 5. The first kappa shape index (κ1) is 30.3. The normalized spacial score (nSPS) is 23.5. The van der Waals surface area contributed by atoms with Crippen LogP contribution in [0.15, 0.2) is 91.0 Å². The second kappa shape index (κ2) is 14.3. The Morgan fingerprint density at radius 3 is 1.46 bits per heavy atom. The first-order valence-electron chi connectivity index (χ1n) is 13.4. The van der Waals surface area contributed by atoms with Crippen molar-refractivity contribution in [1.29, 1.82) is 0 Å². The zero-order valence-electron chi connectivity index (χ0n) is 23.0. The summed E-state index contributed by atoms with van der Waals surface area (Å²) in [5, 5.41) is 0. The van der Waals surface area contributed by atoms with Crippen LogP contribution in [0, 0.1) is 5.92 Å².